The lowest BCUT2D eigenvalue weighted by molar-refractivity contribution is 0.475. The van der Waals surface area contributed by atoms with Crippen LogP contribution in [0.15, 0.2) is 71.7 Å². The summed E-state index contributed by atoms with van der Waals surface area (Å²) in [4.78, 5) is 7.48. The SMILES string of the molecule is CC(C)c1cccc(CC2CN(C)c3ccc(Cl)cc3C(c3ccc(O)cc3)=N2)c1. The lowest BCUT2D eigenvalue weighted by Crippen LogP contribution is -2.28. The van der Waals surface area contributed by atoms with Gasteiger partial charge in [0, 0.05) is 35.4 Å². The standard InChI is InChI=1S/C26H27ClN2O/c1-17(2)20-6-4-5-18(13-20)14-22-16-29(3)25-12-9-21(27)15-24(25)26(28-22)19-7-10-23(30)11-8-19/h4-13,15,17,22,30H,14,16H2,1-3H3. The van der Waals surface area contributed by atoms with Crippen LogP contribution in [-0.2, 0) is 6.42 Å². The highest BCUT2D eigenvalue weighted by molar-refractivity contribution is 6.31. The van der Waals surface area contributed by atoms with E-state index in [0.29, 0.717) is 10.9 Å². The third kappa shape index (κ3) is 4.36. The molecule has 3 aromatic rings. The number of hydrogen-bond acceptors (Lipinski definition) is 3. The second kappa shape index (κ2) is 8.53. The van der Waals surface area contributed by atoms with E-state index in [4.69, 9.17) is 16.6 Å². The van der Waals surface area contributed by atoms with E-state index < -0.39 is 0 Å². The number of likely N-dealkylation sites (N-methyl/N-ethyl adjacent to an activating group) is 1. The number of aromatic hydroxyl groups is 1. The molecule has 1 aliphatic rings. The molecule has 1 unspecified atom stereocenters. The fraction of sp³-hybridized carbons (Fsp3) is 0.269. The van der Waals surface area contributed by atoms with Crippen LogP contribution in [0.25, 0.3) is 0 Å². The summed E-state index contributed by atoms with van der Waals surface area (Å²) >= 11 is 6.36. The summed E-state index contributed by atoms with van der Waals surface area (Å²) in [7, 11) is 2.11. The van der Waals surface area contributed by atoms with Crippen molar-refractivity contribution in [3.05, 3.63) is 94.0 Å². The second-order valence-electron chi connectivity index (χ2n) is 8.32. The van der Waals surface area contributed by atoms with E-state index in [2.05, 4.69) is 56.1 Å². The van der Waals surface area contributed by atoms with Gasteiger partial charge in [-0.2, -0.15) is 0 Å². The van der Waals surface area contributed by atoms with Crippen molar-refractivity contribution in [2.24, 2.45) is 4.99 Å². The molecule has 154 valence electrons. The third-order valence-corrected chi connectivity index (χ3v) is 5.89. The molecule has 0 saturated heterocycles. The molecule has 0 fully saturated rings. The van der Waals surface area contributed by atoms with E-state index in [1.54, 1.807) is 12.1 Å². The average molecular weight is 419 g/mol. The Kier molecular flexibility index (Phi) is 5.83. The highest BCUT2D eigenvalue weighted by Crippen LogP contribution is 2.31. The predicted molar refractivity (Wildman–Crippen MR) is 126 cm³/mol. The molecular weight excluding hydrogens is 392 g/mol. The van der Waals surface area contributed by atoms with Gasteiger partial charge in [0.25, 0.3) is 0 Å². The van der Waals surface area contributed by atoms with Gasteiger partial charge in [-0.15, -0.1) is 0 Å². The molecule has 30 heavy (non-hydrogen) atoms. The molecule has 0 bridgehead atoms. The maximum atomic E-state index is 9.74. The zero-order valence-electron chi connectivity index (χ0n) is 17.6. The Bertz CT molecular complexity index is 1070. The summed E-state index contributed by atoms with van der Waals surface area (Å²) < 4.78 is 0. The Morgan fingerprint density at radius 2 is 1.83 bits per heavy atom. The normalized spacial score (nSPS) is 16.2. The van der Waals surface area contributed by atoms with Crippen molar-refractivity contribution in [2.75, 3.05) is 18.5 Å². The van der Waals surface area contributed by atoms with E-state index in [0.717, 1.165) is 35.5 Å². The van der Waals surface area contributed by atoms with Crippen LogP contribution in [-0.4, -0.2) is 30.5 Å². The van der Waals surface area contributed by atoms with Crippen LogP contribution in [0.2, 0.25) is 5.02 Å². The van der Waals surface area contributed by atoms with Crippen molar-refractivity contribution in [3.63, 3.8) is 0 Å². The van der Waals surface area contributed by atoms with Gasteiger partial charge in [-0.3, -0.25) is 4.99 Å². The van der Waals surface area contributed by atoms with Gasteiger partial charge >= 0.3 is 0 Å². The van der Waals surface area contributed by atoms with Crippen LogP contribution < -0.4 is 4.90 Å². The number of aliphatic imine (C=N–C) groups is 1. The van der Waals surface area contributed by atoms with Gasteiger partial charge < -0.3 is 10.0 Å². The van der Waals surface area contributed by atoms with Crippen LogP contribution in [0, 0.1) is 0 Å². The maximum absolute atomic E-state index is 9.74. The van der Waals surface area contributed by atoms with Crippen molar-refractivity contribution in [1.29, 1.82) is 0 Å². The van der Waals surface area contributed by atoms with Crippen molar-refractivity contribution < 1.29 is 5.11 Å². The summed E-state index contributed by atoms with van der Waals surface area (Å²) in [6, 6.07) is 22.2. The Morgan fingerprint density at radius 3 is 2.57 bits per heavy atom. The van der Waals surface area contributed by atoms with Gasteiger partial charge in [0.05, 0.1) is 11.8 Å². The summed E-state index contributed by atoms with van der Waals surface area (Å²) in [5.41, 5.74) is 6.69. The van der Waals surface area contributed by atoms with Crippen LogP contribution >= 0.6 is 11.6 Å². The minimum Gasteiger partial charge on any atom is -0.508 e. The van der Waals surface area contributed by atoms with Crippen molar-refractivity contribution >= 4 is 23.0 Å². The number of benzene rings is 3. The van der Waals surface area contributed by atoms with Gasteiger partial charge in [-0.1, -0.05) is 49.7 Å². The second-order valence-corrected chi connectivity index (χ2v) is 8.76. The number of benzodiazepines with no additional fused rings is 1. The molecule has 0 aliphatic carbocycles. The number of fused-ring (bicyclic) bond motifs is 1. The molecule has 0 radical (unpaired) electrons. The molecular formula is C26H27ClN2O. The van der Waals surface area contributed by atoms with Gasteiger partial charge in [-0.25, -0.2) is 0 Å². The van der Waals surface area contributed by atoms with E-state index in [1.165, 1.54) is 11.1 Å². The molecule has 0 spiro atoms. The van der Waals surface area contributed by atoms with Crippen molar-refractivity contribution in [3.8, 4) is 5.75 Å². The van der Waals surface area contributed by atoms with Gasteiger partial charge in [0.2, 0.25) is 0 Å². The Labute approximate surface area is 183 Å². The quantitative estimate of drug-likeness (QED) is 0.558. The topological polar surface area (TPSA) is 35.8 Å². The predicted octanol–water partition coefficient (Wildman–Crippen LogP) is 6.07. The molecule has 1 atom stereocenters. The Hall–Kier alpha value is -2.78. The van der Waals surface area contributed by atoms with E-state index in [9.17, 15) is 5.11 Å². The van der Waals surface area contributed by atoms with Gasteiger partial charge in [0.1, 0.15) is 5.75 Å². The molecule has 1 aliphatic heterocycles. The lowest BCUT2D eigenvalue weighted by atomic mass is 9.97. The Morgan fingerprint density at radius 1 is 1.07 bits per heavy atom. The molecule has 1 heterocycles. The Balaban J connectivity index is 1.77. The highest BCUT2D eigenvalue weighted by atomic mass is 35.5. The summed E-state index contributed by atoms with van der Waals surface area (Å²) in [5.74, 6) is 0.752. The highest BCUT2D eigenvalue weighted by Gasteiger charge is 2.23. The minimum absolute atomic E-state index is 0.104. The summed E-state index contributed by atoms with van der Waals surface area (Å²) in [5, 5.41) is 10.4. The van der Waals surface area contributed by atoms with Gasteiger partial charge in [0.15, 0.2) is 0 Å². The largest absolute Gasteiger partial charge is 0.508 e. The fourth-order valence-corrected chi connectivity index (χ4v) is 4.22. The first kappa shape index (κ1) is 20.5. The van der Waals surface area contributed by atoms with E-state index >= 15 is 0 Å². The number of phenols is 1. The van der Waals surface area contributed by atoms with Crippen LogP contribution in [0.1, 0.15) is 42.0 Å². The van der Waals surface area contributed by atoms with Crippen LogP contribution in [0.5, 0.6) is 5.75 Å². The first-order valence-corrected chi connectivity index (χ1v) is 10.8. The minimum atomic E-state index is 0.104. The molecule has 3 nitrogen and oxygen atoms in total. The maximum Gasteiger partial charge on any atom is 0.115 e. The van der Waals surface area contributed by atoms with Crippen molar-refractivity contribution in [1.82, 2.24) is 0 Å². The van der Waals surface area contributed by atoms with Crippen LogP contribution in [0.4, 0.5) is 5.69 Å². The molecule has 1 N–H and O–H groups in total. The zero-order valence-corrected chi connectivity index (χ0v) is 18.4. The lowest BCUT2D eigenvalue weighted by Gasteiger charge is -2.22. The number of anilines is 1. The molecule has 0 saturated carbocycles. The average Bonchev–Trinajstić information content (AvgIpc) is 2.85. The first-order chi connectivity index (χ1) is 14.4. The smallest absolute Gasteiger partial charge is 0.115 e. The monoisotopic (exact) mass is 418 g/mol. The molecule has 0 aromatic heterocycles. The molecule has 3 aromatic carbocycles. The van der Waals surface area contributed by atoms with Gasteiger partial charge in [-0.05, 0) is 65.9 Å². The third-order valence-electron chi connectivity index (χ3n) is 5.65. The van der Waals surface area contributed by atoms with Crippen molar-refractivity contribution in [2.45, 2.75) is 32.2 Å². The molecule has 4 heteroatoms. The van der Waals surface area contributed by atoms with E-state index in [-0.39, 0.29) is 11.8 Å². The fourth-order valence-electron chi connectivity index (χ4n) is 4.05. The number of nitrogens with zero attached hydrogens (tertiary/aromatic N) is 2. The number of hydrogen-bond donors (Lipinski definition) is 1. The van der Waals surface area contributed by atoms with E-state index in [1.807, 2.05) is 24.3 Å². The summed E-state index contributed by atoms with van der Waals surface area (Å²) in [6.45, 7) is 5.27. The first-order valence-electron chi connectivity index (χ1n) is 10.4. The molecule has 0 amide bonds. The summed E-state index contributed by atoms with van der Waals surface area (Å²) in [6.07, 6.45) is 0.869. The number of halogens is 1. The number of phenolic OH excluding ortho intramolecular Hbond substituents is 1. The zero-order chi connectivity index (χ0) is 21.3. The molecule has 4 rings (SSSR count). The number of rotatable bonds is 4. The van der Waals surface area contributed by atoms with Crippen LogP contribution in [0.3, 0.4) is 0 Å².